The molecule has 0 unspecified atom stereocenters. The molecule has 0 aliphatic heterocycles. The fourth-order valence-electron chi connectivity index (χ4n) is 2.97. The SMILES string of the molecule is Cc1ccc(-c2cc(F)ccc2-c2c(C(N)=O)c(C(F)F)nn2C)cc1F. The Kier molecular flexibility index (Phi) is 4.73. The molecule has 8 heteroatoms. The Bertz CT molecular complexity index is 1040. The van der Waals surface area contributed by atoms with Crippen molar-refractivity contribution in [1.29, 1.82) is 0 Å². The van der Waals surface area contributed by atoms with Crippen LogP contribution in [0.25, 0.3) is 22.4 Å². The fourth-order valence-corrected chi connectivity index (χ4v) is 2.97. The molecular weight excluding hydrogens is 362 g/mol. The van der Waals surface area contributed by atoms with Crippen molar-refractivity contribution in [1.82, 2.24) is 9.78 Å². The second-order valence-corrected chi connectivity index (χ2v) is 6.05. The molecule has 0 bridgehead atoms. The van der Waals surface area contributed by atoms with Gasteiger partial charge >= 0.3 is 0 Å². The standard InChI is InChI=1S/C19H15F4N3O/c1-9-3-4-10(7-14(9)21)13-8-11(20)5-6-12(13)17-15(19(24)27)16(18(22)23)25-26(17)2/h3-8,18H,1-2H3,(H2,24,27). The third-order valence-electron chi connectivity index (χ3n) is 4.25. The summed E-state index contributed by atoms with van der Waals surface area (Å²) in [6.07, 6.45) is -3.02. The summed E-state index contributed by atoms with van der Waals surface area (Å²) < 4.78 is 55.6. The van der Waals surface area contributed by atoms with Gasteiger partial charge in [-0.15, -0.1) is 0 Å². The van der Waals surface area contributed by atoms with Gasteiger partial charge in [0.15, 0.2) is 0 Å². The van der Waals surface area contributed by atoms with E-state index < -0.39 is 35.2 Å². The van der Waals surface area contributed by atoms with Crippen molar-refractivity contribution in [3.8, 4) is 22.4 Å². The van der Waals surface area contributed by atoms with E-state index in [1.807, 2.05) is 0 Å². The zero-order chi connectivity index (χ0) is 19.9. The molecule has 0 saturated carbocycles. The number of amides is 1. The van der Waals surface area contributed by atoms with E-state index in [0.717, 1.165) is 16.8 Å². The number of hydrogen-bond acceptors (Lipinski definition) is 2. The lowest BCUT2D eigenvalue weighted by atomic mass is 9.94. The van der Waals surface area contributed by atoms with Crippen molar-refractivity contribution in [2.45, 2.75) is 13.3 Å². The first kappa shape index (κ1) is 18.6. The van der Waals surface area contributed by atoms with Crippen LogP contribution in [0.15, 0.2) is 36.4 Å². The number of carbonyl (C=O) groups excluding carboxylic acids is 1. The van der Waals surface area contributed by atoms with Crippen LogP contribution < -0.4 is 5.73 Å². The van der Waals surface area contributed by atoms with Crippen molar-refractivity contribution in [3.05, 3.63) is 64.9 Å². The first-order chi connectivity index (χ1) is 12.7. The normalized spacial score (nSPS) is 11.2. The van der Waals surface area contributed by atoms with Crippen LogP contribution >= 0.6 is 0 Å². The maximum Gasteiger partial charge on any atom is 0.282 e. The number of rotatable bonds is 4. The van der Waals surface area contributed by atoms with Crippen LogP contribution in [0.3, 0.4) is 0 Å². The topological polar surface area (TPSA) is 60.9 Å². The molecule has 0 saturated heterocycles. The predicted molar refractivity (Wildman–Crippen MR) is 92.2 cm³/mol. The average Bonchev–Trinajstić information content (AvgIpc) is 2.95. The molecule has 2 N–H and O–H groups in total. The number of aromatic nitrogens is 2. The highest BCUT2D eigenvalue weighted by Gasteiger charge is 2.28. The van der Waals surface area contributed by atoms with E-state index in [9.17, 15) is 22.4 Å². The molecule has 27 heavy (non-hydrogen) atoms. The van der Waals surface area contributed by atoms with E-state index in [-0.39, 0.29) is 16.8 Å². The van der Waals surface area contributed by atoms with Crippen LogP contribution in [0, 0.1) is 18.6 Å². The van der Waals surface area contributed by atoms with E-state index in [4.69, 9.17) is 5.73 Å². The van der Waals surface area contributed by atoms with Crippen LogP contribution in [0.1, 0.15) is 28.0 Å². The first-order valence-electron chi connectivity index (χ1n) is 7.92. The fraction of sp³-hybridized carbons (Fsp3) is 0.158. The average molecular weight is 377 g/mol. The summed E-state index contributed by atoms with van der Waals surface area (Å²) in [7, 11) is 1.37. The van der Waals surface area contributed by atoms with Gasteiger partial charge in [-0.05, 0) is 47.9 Å². The quantitative estimate of drug-likeness (QED) is 0.686. The molecule has 0 aliphatic carbocycles. The third kappa shape index (κ3) is 3.30. The van der Waals surface area contributed by atoms with Gasteiger partial charge in [-0.2, -0.15) is 5.10 Å². The summed E-state index contributed by atoms with van der Waals surface area (Å²) >= 11 is 0. The van der Waals surface area contributed by atoms with Gasteiger partial charge in [-0.1, -0.05) is 12.1 Å². The van der Waals surface area contributed by atoms with Crippen molar-refractivity contribution in [3.63, 3.8) is 0 Å². The number of nitrogens with two attached hydrogens (primary N) is 1. The molecule has 140 valence electrons. The van der Waals surface area contributed by atoms with Crippen molar-refractivity contribution in [2.75, 3.05) is 0 Å². The van der Waals surface area contributed by atoms with Crippen molar-refractivity contribution < 1.29 is 22.4 Å². The number of halogens is 4. The molecule has 2 aromatic carbocycles. The molecule has 0 aliphatic rings. The summed E-state index contributed by atoms with van der Waals surface area (Å²) in [5, 5.41) is 3.69. The van der Waals surface area contributed by atoms with E-state index >= 15 is 0 Å². The number of benzene rings is 2. The smallest absolute Gasteiger partial charge is 0.282 e. The number of hydrogen-bond donors (Lipinski definition) is 1. The van der Waals surface area contributed by atoms with Gasteiger partial charge in [0.2, 0.25) is 0 Å². The molecule has 0 radical (unpaired) electrons. The second kappa shape index (κ2) is 6.86. The molecule has 1 aromatic heterocycles. The summed E-state index contributed by atoms with van der Waals surface area (Å²) in [5.41, 5.74) is 5.28. The van der Waals surface area contributed by atoms with E-state index in [1.165, 1.54) is 25.2 Å². The van der Waals surface area contributed by atoms with Crippen LogP contribution in [0.2, 0.25) is 0 Å². The summed E-state index contributed by atoms with van der Waals surface area (Å²) in [5.74, 6) is -2.19. The second-order valence-electron chi connectivity index (χ2n) is 6.05. The minimum Gasteiger partial charge on any atom is -0.365 e. The minimum absolute atomic E-state index is 0.00813. The number of nitrogens with zero attached hydrogens (tertiary/aromatic N) is 2. The summed E-state index contributed by atoms with van der Waals surface area (Å²) in [4.78, 5) is 11.8. The molecule has 3 aromatic rings. The molecular formula is C19H15F4N3O. The molecule has 1 amide bonds. The number of aryl methyl sites for hydroxylation is 2. The molecule has 3 rings (SSSR count). The Balaban J connectivity index is 2.34. The molecule has 1 heterocycles. The summed E-state index contributed by atoms with van der Waals surface area (Å²) in [6.45, 7) is 1.58. The first-order valence-corrected chi connectivity index (χ1v) is 7.92. The molecule has 0 atom stereocenters. The Morgan fingerprint density at radius 2 is 1.81 bits per heavy atom. The van der Waals surface area contributed by atoms with Crippen LogP contribution in [-0.4, -0.2) is 15.7 Å². The summed E-state index contributed by atoms with van der Waals surface area (Å²) in [6, 6.07) is 7.87. The largest absolute Gasteiger partial charge is 0.365 e. The van der Waals surface area contributed by atoms with Gasteiger partial charge < -0.3 is 5.73 Å². The number of primary amides is 1. The van der Waals surface area contributed by atoms with Gasteiger partial charge in [0.05, 0.1) is 11.3 Å². The Morgan fingerprint density at radius 1 is 1.11 bits per heavy atom. The van der Waals surface area contributed by atoms with Gasteiger partial charge in [-0.25, -0.2) is 17.6 Å². The highest BCUT2D eigenvalue weighted by atomic mass is 19.3. The molecule has 4 nitrogen and oxygen atoms in total. The Morgan fingerprint density at radius 3 is 2.41 bits per heavy atom. The van der Waals surface area contributed by atoms with Gasteiger partial charge in [0.1, 0.15) is 17.3 Å². The predicted octanol–water partition coefficient (Wildman–Crippen LogP) is 4.38. The van der Waals surface area contributed by atoms with E-state index in [0.29, 0.717) is 11.1 Å². The lowest BCUT2D eigenvalue weighted by Gasteiger charge is -2.13. The van der Waals surface area contributed by atoms with Crippen LogP contribution in [-0.2, 0) is 7.05 Å². The molecule has 0 fully saturated rings. The Labute approximate surface area is 152 Å². The highest BCUT2D eigenvalue weighted by Crippen LogP contribution is 2.37. The zero-order valence-corrected chi connectivity index (χ0v) is 14.4. The van der Waals surface area contributed by atoms with Gasteiger partial charge in [-0.3, -0.25) is 9.48 Å². The van der Waals surface area contributed by atoms with Gasteiger partial charge in [0.25, 0.3) is 12.3 Å². The third-order valence-corrected chi connectivity index (χ3v) is 4.25. The maximum atomic E-state index is 14.0. The Hall–Kier alpha value is -3.16. The highest BCUT2D eigenvalue weighted by molar-refractivity contribution is 6.02. The zero-order valence-electron chi connectivity index (χ0n) is 14.4. The molecule has 0 spiro atoms. The van der Waals surface area contributed by atoms with Crippen LogP contribution in [0.4, 0.5) is 17.6 Å². The van der Waals surface area contributed by atoms with Crippen LogP contribution in [0.5, 0.6) is 0 Å². The number of alkyl halides is 2. The lowest BCUT2D eigenvalue weighted by molar-refractivity contribution is 0.0985. The van der Waals surface area contributed by atoms with Gasteiger partial charge in [0, 0.05) is 12.6 Å². The van der Waals surface area contributed by atoms with E-state index in [1.54, 1.807) is 13.0 Å². The maximum absolute atomic E-state index is 14.0. The number of carbonyl (C=O) groups is 1. The van der Waals surface area contributed by atoms with E-state index in [2.05, 4.69) is 5.10 Å². The lowest BCUT2D eigenvalue weighted by Crippen LogP contribution is -2.14. The minimum atomic E-state index is -3.02. The monoisotopic (exact) mass is 377 g/mol. The van der Waals surface area contributed by atoms with Crippen molar-refractivity contribution >= 4 is 5.91 Å². The van der Waals surface area contributed by atoms with Crippen molar-refractivity contribution in [2.24, 2.45) is 12.8 Å².